The van der Waals surface area contributed by atoms with E-state index in [1.807, 2.05) is 24.3 Å². The van der Waals surface area contributed by atoms with Crippen LogP contribution in [0, 0.1) is 0 Å². The van der Waals surface area contributed by atoms with Crippen molar-refractivity contribution in [2.24, 2.45) is 0 Å². The number of nitrogens with zero attached hydrogens (tertiary/aromatic N) is 2. The zero-order valence-corrected chi connectivity index (χ0v) is 16.8. The summed E-state index contributed by atoms with van der Waals surface area (Å²) in [5, 5.41) is 1.71. The molecule has 1 aliphatic heterocycles. The fourth-order valence-electron chi connectivity index (χ4n) is 3.03. The average molecular weight is 410 g/mol. The highest BCUT2D eigenvalue weighted by Crippen LogP contribution is 2.28. The fraction of sp³-hybridized carbons (Fsp3) is 0.389. The number of methoxy groups -OCH3 is 1. The molecule has 2 aromatic rings. The van der Waals surface area contributed by atoms with Gasteiger partial charge >= 0.3 is 0 Å². The van der Waals surface area contributed by atoms with E-state index in [2.05, 4.69) is 9.62 Å². The maximum Gasteiger partial charge on any atom is 0.250 e. The van der Waals surface area contributed by atoms with Crippen LogP contribution in [0.2, 0.25) is 0 Å². The van der Waals surface area contributed by atoms with Crippen LogP contribution >= 0.6 is 11.3 Å². The summed E-state index contributed by atoms with van der Waals surface area (Å²) in [6, 6.07) is 11.1. The second kappa shape index (κ2) is 8.73. The van der Waals surface area contributed by atoms with Crippen LogP contribution in [0.5, 0.6) is 5.75 Å². The smallest absolute Gasteiger partial charge is 0.250 e. The normalized spacial score (nSPS) is 15.0. The molecule has 1 amide bonds. The van der Waals surface area contributed by atoms with Gasteiger partial charge in [-0.25, -0.2) is 13.1 Å². The summed E-state index contributed by atoms with van der Waals surface area (Å²) >= 11 is 1.16. The van der Waals surface area contributed by atoms with Crippen molar-refractivity contribution >= 4 is 33.0 Å². The molecule has 9 heteroatoms. The summed E-state index contributed by atoms with van der Waals surface area (Å²) in [6.45, 7) is 2.75. The Hall–Kier alpha value is -2.10. The van der Waals surface area contributed by atoms with Gasteiger partial charge in [-0.15, -0.1) is 11.3 Å². The van der Waals surface area contributed by atoms with Gasteiger partial charge < -0.3 is 14.5 Å². The molecule has 1 fully saturated rings. The molecule has 0 saturated carbocycles. The number of carbonyl (C=O) groups excluding carboxylic acids is 1. The molecule has 7 nitrogen and oxygen atoms in total. The monoisotopic (exact) mass is 409 g/mol. The highest BCUT2D eigenvalue weighted by atomic mass is 32.2. The minimum atomic E-state index is -3.52. The lowest BCUT2D eigenvalue weighted by atomic mass is 10.2. The molecule has 1 aromatic heterocycles. The summed E-state index contributed by atoms with van der Waals surface area (Å²) in [5.74, 6) is 0.781. The number of hydrogen-bond acceptors (Lipinski definition) is 6. The Balaban J connectivity index is 1.47. The van der Waals surface area contributed by atoms with Crippen LogP contribution in [0.3, 0.4) is 0 Å². The maximum atomic E-state index is 12.4. The third-order valence-electron chi connectivity index (χ3n) is 4.45. The van der Waals surface area contributed by atoms with E-state index in [0.717, 1.165) is 22.8 Å². The number of sulfonamides is 1. The van der Waals surface area contributed by atoms with E-state index in [0.29, 0.717) is 26.2 Å². The molecule has 3 rings (SSSR count). The number of para-hydroxylation sites is 2. The van der Waals surface area contributed by atoms with E-state index in [-0.39, 0.29) is 23.1 Å². The summed E-state index contributed by atoms with van der Waals surface area (Å²) in [6.07, 6.45) is 0.152. The van der Waals surface area contributed by atoms with Crippen molar-refractivity contribution in [1.82, 2.24) is 9.62 Å². The third kappa shape index (κ3) is 4.79. The van der Waals surface area contributed by atoms with Crippen LogP contribution in [0.25, 0.3) is 0 Å². The molecule has 0 atom stereocenters. The van der Waals surface area contributed by atoms with Gasteiger partial charge in [-0.05, 0) is 23.6 Å². The van der Waals surface area contributed by atoms with Crippen molar-refractivity contribution in [2.75, 3.05) is 44.7 Å². The molecule has 0 bridgehead atoms. The molecule has 1 saturated heterocycles. The molecule has 0 spiro atoms. The Morgan fingerprint density at radius 1 is 1.15 bits per heavy atom. The summed E-state index contributed by atoms with van der Waals surface area (Å²) in [4.78, 5) is 16.4. The summed E-state index contributed by atoms with van der Waals surface area (Å²) < 4.78 is 32.3. The van der Waals surface area contributed by atoms with Crippen molar-refractivity contribution in [3.05, 3.63) is 41.8 Å². The highest BCUT2D eigenvalue weighted by Gasteiger charge is 2.23. The molecule has 27 heavy (non-hydrogen) atoms. The minimum Gasteiger partial charge on any atom is -0.495 e. The van der Waals surface area contributed by atoms with E-state index in [1.54, 1.807) is 29.5 Å². The number of rotatable bonds is 7. The molecular weight excluding hydrogens is 386 g/mol. The standard InChI is InChI=1S/C18H23N3O4S2/c1-25-16-6-3-2-5-15(16)20-10-12-21(13-11-20)17(22)8-9-19-27(23,24)18-7-4-14-26-18/h2-7,14,19H,8-13H2,1H3. The molecule has 1 N–H and O–H groups in total. The van der Waals surface area contributed by atoms with Gasteiger partial charge in [0.05, 0.1) is 12.8 Å². The fourth-order valence-corrected chi connectivity index (χ4v) is 5.10. The Morgan fingerprint density at radius 2 is 1.89 bits per heavy atom. The van der Waals surface area contributed by atoms with E-state index in [1.165, 1.54) is 0 Å². The van der Waals surface area contributed by atoms with E-state index in [9.17, 15) is 13.2 Å². The van der Waals surface area contributed by atoms with Gasteiger partial charge in [0, 0.05) is 39.1 Å². The van der Waals surface area contributed by atoms with Crippen LogP contribution in [0.15, 0.2) is 46.0 Å². The lowest BCUT2D eigenvalue weighted by Gasteiger charge is -2.36. The first-order chi connectivity index (χ1) is 13.0. The zero-order chi connectivity index (χ0) is 19.3. The number of piperazine rings is 1. The first-order valence-corrected chi connectivity index (χ1v) is 11.1. The Labute approximate surface area is 163 Å². The summed E-state index contributed by atoms with van der Waals surface area (Å²) in [5.41, 5.74) is 1.02. The van der Waals surface area contributed by atoms with Gasteiger partial charge in [0.15, 0.2) is 0 Å². The quantitative estimate of drug-likeness (QED) is 0.754. The van der Waals surface area contributed by atoms with Gasteiger partial charge in [0.25, 0.3) is 0 Å². The largest absolute Gasteiger partial charge is 0.495 e. The van der Waals surface area contributed by atoms with Crippen LogP contribution < -0.4 is 14.4 Å². The van der Waals surface area contributed by atoms with E-state index >= 15 is 0 Å². The van der Waals surface area contributed by atoms with Crippen molar-refractivity contribution in [1.29, 1.82) is 0 Å². The van der Waals surface area contributed by atoms with Gasteiger partial charge in [-0.1, -0.05) is 18.2 Å². The molecule has 1 aliphatic rings. The van der Waals surface area contributed by atoms with Gasteiger partial charge in [-0.2, -0.15) is 0 Å². The number of carbonyl (C=O) groups is 1. The highest BCUT2D eigenvalue weighted by molar-refractivity contribution is 7.91. The predicted molar refractivity (Wildman–Crippen MR) is 106 cm³/mol. The first-order valence-electron chi connectivity index (χ1n) is 8.70. The van der Waals surface area contributed by atoms with Crippen molar-refractivity contribution in [3.63, 3.8) is 0 Å². The molecule has 2 heterocycles. The molecule has 0 radical (unpaired) electrons. The zero-order valence-electron chi connectivity index (χ0n) is 15.1. The third-order valence-corrected chi connectivity index (χ3v) is 7.31. The molecule has 0 unspecified atom stereocenters. The maximum absolute atomic E-state index is 12.4. The van der Waals surface area contributed by atoms with E-state index in [4.69, 9.17) is 4.74 Å². The van der Waals surface area contributed by atoms with Crippen LogP contribution in [-0.4, -0.2) is 59.1 Å². The Bertz CT molecular complexity index is 860. The number of thiophene rings is 1. The van der Waals surface area contributed by atoms with Crippen LogP contribution in [-0.2, 0) is 14.8 Å². The van der Waals surface area contributed by atoms with Crippen molar-refractivity contribution < 1.29 is 17.9 Å². The van der Waals surface area contributed by atoms with Crippen molar-refractivity contribution in [2.45, 2.75) is 10.6 Å². The average Bonchev–Trinajstić information content (AvgIpc) is 3.24. The number of hydrogen-bond donors (Lipinski definition) is 1. The Kier molecular flexibility index (Phi) is 6.35. The number of amides is 1. The number of anilines is 1. The number of ether oxygens (including phenoxy) is 1. The van der Waals surface area contributed by atoms with Gasteiger partial charge in [0.2, 0.25) is 15.9 Å². The van der Waals surface area contributed by atoms with Crippen molar-refractivity contribution in [3.8, 4) is 5.75 Å². The Morgan fingerprint density at radius 3 is 2.56 bits per heavy atom. The molecule has 146 valence electrons. The lowest BCUT2D eigenvalue weighted by Crippen LogP contribution is -2.49. The van der Waals surface area contributed by atoms with Gasteiger partial charge in [-0.3, -0.25) is 4.79 Å². The topological polar surface area (TPSA) is 79.0 Å². The lowest BCUT2D eigenvalue weighted by molar-refractivity contribution is -0.131. The second-order valence-corrected chi connectivity index (χ2v) is 9.06. The SMILES string of the molecule is COc1ccccc1N1CCN(C(=O)CCNS(=O)(=O)c2cccs2)CC1. The molecule has 1 aromatic carbocycles. The minimum absolute atomic E-state index is 0.0384. The van der Waals surface area contributed by atoms with Crippen LogP contribution in [0.1, 0.15) is 6.42 Å². The number of nitrogens with one attached hydrogen (secondary N) is 1. The summed E-state index contributed by atoms with van der Waals surface area (Å²) in [7, 11) is -1.87. The number of benzene rings is 1. The van der Waals surface area contributed by atoms with Crippen LogP contribution in [0.4, 0.5) is 5.69 Å². The molecular formula is C18H23N3O4S2. The van der Waals surface area contributed by atoms with E-state index < -0.39 is 10.0 Å². The molecule has 0 aliphatic carbocycles. The predicted octanol–water partition coefficient (Wildman–Crippen LogP) is 1.77. The van der Waals surface area contributed by atoms with Gasteiger partial charge in [0.1, 0.15) is 9.96 Å². The second-order valence-electron chi connectivity index (χ2n) is 6.12. The first kappa shape index (κ1) is 19.7.